The lowest BCUT2D eigenvalue weighted by atomic mass is 9.46. The molecule has 0 spiro atoms. The van der Waals surface area contributed by atoms with E-state index in [-0.39, 0.29) is 5.41 Å². The van der Waals surface area contributed by atoms with Crippen LogP contribution in [0.5, 0.6) is 0 Å². The van der Waals surface area contributed by atoms with Crippen LogP contribution in [0.3, 0.4) is 0 Å². The topological polar surface area (TPSA) is 17.1 Å². The van der Waals surface area contributed by atoms with E-state index < -0.39 is 0 Å². The standard InChI is InChI=1S/C21H34O/c1-4-14-5-6-17-15-10-12-21(3)18(7-8-19(21)22)16(15)9-11-20(17,2)13-14/h14-18H,4-13H2,1-3H3/t14?,15?,16?,17-,18?,20-,21+/m1/s1. The molecule has 0 amide bonds. The molecule has 4 aliphatic rings. The van der Waals surface area contributed by atoms with Crippen molar-refractivity contribution in [1.29, 1.82) is 0 Å². The zero-order valence-corrected chi connectivity index (χ0v) is 14.9. The summed E-state index contributed by atoms with van der Waals surface area (Å²) in [4.78, 5) is 12.4. The number of carbonyl (C=O) groups is 1. The van der Waals surface area contributed by atoms with Gasteiger partial charge in [0.15, 0.2) is 0 Å². The third-order valence-corrected chi connectivity index (χ3v) is 8.88. The Bertz CT molecular complexity index is 469. The summed E-state index contributed by atoms with van der Waals surface area (Å²) in [5, 5.41) is 0. The van der Waals surface area contributed by atoms with Crippen LogP contribution in [0.25, 0.3) is 0 Å². The highest BCUT2D eigenvalue weighted by atomic mass is 16.1. The van der Waals surface area contributed by atoms with E-state index in [1.54, 1.807) is 0 Å². The molecule has 4 unspecified atom stereocenters. The first kappa shape index (κ1) is 15.2. The molecule has 0 saturated heterocycles. The van der Waals surface area contributed by atoms with Crippen molar-refractivity contribution in [3.8, 4) is 0 Å². The fourth-order valence-corrected chi connectivity index (χ4v) is 7.54. The van der Waals surface area contributed by atoms with Crippen molar-refractivity contribution < 1.29 is 4.79 Å². The SMILES string of the molecule is CCC1CC[C@@H]2C3CC[C@]4(C)C(=O)CCC4C3CC[C@]2(C)C1. The van der Waals surface area contributed by atoms with Gasteiger partial charge in [-0.05, 0) is 80.0 Å². The van der Waals surface area contributed by atoms with E-state index in [0.29, 0.717) is 11.2 Å². The normalized spacial score (nSPS) is 54.5. The first-order valence-corrected chi connectivity index (χ1v) is 10.0. The maximum absolute atomic E-state index is 12.4. The Morgan fingerprint density at radius 2 is 1.68 bits per heavy atom. The van der Waals surface area contributed by atoms with Gasteiger partial charge in [0.25, 0.3) is 0 Å². The highest BCUT2D eigenvalue weighted by molar-refractivity contribution is 5.87. The molecule has 0 radical (unpaired) electrons. The predicted molar refractivity (Wildman–Crippen MR) is 90.5 cm³/mol. The summed E-state index contributed by atoms with van der Waals surface area (Å²) in [6.45, 7) is 7.31. The van der Waals surface area contributed by atoms with E-state index in [1.165, 1.54) is 57.8 Å². The lowest BCUT2D eigenvalue weighted by molar-refractivity contribution is -0.136. The van der Waals surface area contributed by atoms with E-state index in [9.17, 15) is 4.79 Å². The molecule has 4 rings (SSSR count). The van der Waals surface area contributed by atoms with Gasteiger partial charge < -0.3 is 0 Å². The lowest BCUT2D eigenvalue weighted by Gasteiger charge is -2.59. The van der Waals surface area contributed by atoms with Gasteiger partial charge in [-0.15, -0.1) is 0 Å². The van der Waals surface area contributed by atoms with Gasteiger partial charge in [0.2, 0.25) is 0 Å². The summed E-state index contributed by atoms with van der Waals surface area (Å²) >= 11 is 0. The summed E-state index contributed by atoms with van der Waals surface area (Å²) in [7, 11) is 0. The zero-order valence-electron chi connectivity index (χ0n) is 14.9. The van der Waals surface area contributed by atoms with Crippen LogP contribution in [0.15, 0.2) is 0 Å². The van der Waals surface area contributed by atoms with Crippen LogP contribution in [0.2, 0.25) is 0 Å². The molecule has 0 N–H and O–H groups in total. The van der Waals surface area contributed by atoms with E-state index in [2.05, 4.69) is 20.8 Å². The minimum atomic E-state index is 0.0650. The van der Waals surface area contributed by atoms with Crippen LogP contribution >= 0.6 is 0 Å². The number of Topliss-reactive ketones (excluding diaryl/α,β-unsaturated/α-hetero) is 1. The highest BCUT2D eigenvalue weighted by Crippen LogP contribution is 2.64. The maximum Gasteiger partial charge on any atom is 0.139 e. The van der Waals surface area contributed by atoms with Crippen LogP contribution < -0.4 is 0 Å². The van der Waals surface area contributed by atoms with Gasteiger partial charge in [-0.1, -0.05) is 33.6 Å². The molecule has 4 fully saturated rings. The van der Waals surface area contributed by atoms with Crippen molar-refractivity contribution >= 4 is 5.78 Å². The minimum absolute atomic E-state index is 0.0650. The molecular formula is C21H34O. The van der Waals surface area contributed by atoms with Crippen molar-refractivity contribution in [2.45, 2.75) is 85.0 Å². The average molecular weight is 303 g/mol. The Hall–Kier alpha value is -0.330. The van der Waals surface area contributed by atoms with Gasteiger partial charge in [0.1, 0.15) is 5.78 Å². The largest absolute Gasteiger partial charge is 0.299 e. The van der Waals surface area contributed by atoms with E-state index in [0.717, 1.165) is 36.0 Å². The van der Waals surface area contributed by atoms with E-state index in [1.807, 2.05) is 0 Å². The van der Waals surface area contributed by atoms with Crippen molar-refractivity contribution in [1.82, 2.24) is 0 Å². The molecule has 124 valence electrons. The Labute approximate surface area is 136 Å². The number of fused-ring (bicyclic) bond motifs is 5. The minimum Gasteiger partial charge on any atom is -0.299 e. The molecule has 0 heterocycles. The summed E-state index contributed by atoms with van der Waals surface area (Å²) in [6.07, 6.45) is 13.3. The monoisotopic (exact) mass is 302 g/mol. The molecule has 0 bridgehead atoms. The number of ketones is 1. The van der Waals surface area contributed by atoms with Crippen LogP contribution in [-0.2, 0) is 4.79 Å². The predicted octanol–water partition coefficient (Wildman–Crippen LogP) is 5.62. The summed E-state index contributed by atoms with van der Waals surface area (Å²) in [5.41, 5.74) is 0.686. The molecular weight excluding hydrogens is 268 g/mol. The average Bonchev–Trinajstić information content (AvgIpc) is 2.81. The van der Waals surface area contributed by atoms with Crippen molar-refractivity contribution in [3.63, 3.8) is 0 Å². The molecule has 4 aliphatic carbocycles. The Kier molecular flexibility index (Phi) is 3.51. The quantitative estimate of drug-likeness (QED) is 0.614. The van der Waals surface area contributed by atoms with Crippen LogP contribution in [0, 0.1) is 40.4 Å². The molecule has 4 saturated carbocycles. The van der Waals surface area contributed by atoms with Gasteiger partial charge in [-0.25, -0.2) is 0 Å². The molecule has 1 nitrogen and oxygen atoms in total. The van der Waals surface area contributed by atoms with E-state index >= 15 is 0 Å². The third-order valence-electron chi connectivity index (χ3n) is 8.88. The summed E-state index contributed by atoms with van der Waals surface area (Å²) < 4.78 is 0. The van der Waals surface area contributed by atoms with Gasteiger partial charge >= 0.3 is 0 Å². The van der Waals surface area contributed by atoms with Gasteiger partial charge in [0.05, 0.1) is 0 Å². The first-order chi connectivity index (χ1) is 10.5. The molecule has 22 heavy (non-hydrogen) atoms. The van der Waals surface area contributed by atoms with Gasteiger partial charge in [0, 0.05) is 11.8 Å². The number of hydrogen-bond donors (Lipinski definition) is 0. The molecule has 0 aromatic heterocycles. The molecule has 0 aromatic carbocycles. The highest BCUT2D eigenvalue weighted by Gasteiger charge is 2.58. The number of carbonyl (C=O) groups excluding carboxylic acids is 1. The molecule has 0 aromatic rings. The maximum atomic E-state index is 12.4. The summed E-state index contributed by atoms with van der Waals surface area (Å²) in [6, 6.07) is 0. The number of hydrogen-bond acceptors (Lipinski definition) is 1. The Morgan fingerprint density at radius 3 is 2.45 bits per heavy atom. The fraction of sp³-hybridized carbons (Fsp3) is 0.952. The molecule has 0 aliphatic heterocycles. The smallest absolute Gasteiger partial charge is 0.139 e. The number of rotatable bonds is 1. The van der Waals surface area contributed by atoms with Crippen molar-refractivity contribution in [2.75, 3.05) is 0 Å². The van der Waals surface area contributed by atoms with E-state index in [4.69, 9.17) is 0 Å². The zero-order chi connectivity index (χ0) is 15.5. The Balaban J connectivity index is 1.59. The Morgan fingerprint density at radius 1 is 0.955 bits per heavy atom. The van der Waals surface area contributed by atoms with Crippen LogP contribution in [0.4, 0.5) is 0 Å². The van der Waals surface area contributed by atoms with Crippen molar-refractivity contribution in [2.24, 2.45) is 40.4 Å². The second-order valence-corrected chi connectivity index (χ2v) is 9.71. The second-order valence-electron chi connectivity index (χ2n) is 9.71. The second kappa shape index (κ2) is 5.08. The molecule has 1 heteroatoms. The van der Waals surface area contributed by atoms with Gasteiger partial charge in [-0.3, -0.25) is 4.79 Å². The first-order valence-electron chi connectivity index (χ1n) is 10.0. The van der Waals surface area contributed by atoms with Crippen LogP contribution in [0.1, 0.15) is 85.0 Å². The summed E-state index contributed by atoms with van der Waals surface area (Å²) in [5.74, 6) is 5.10. The van der Waals surface area contributed by atoms with Crippen LogP contribution in [-0.4, -0.2) is 5.78 Å². The van der Waals surface area contributed by atoms with Crippen molar-refractivity contribution in [3.05, 3.63) is 0 Å². The lowest BCUT2D eigenvalue weighted by Crippen LogP contribution is -2.52. The van der Waals surface area contributed by atoms with Gasteiger partial charge in [-0.2, -0.15) is 0 Å². The molecule has 7 atom stereocenters. The third kappa shape index (κ3) is 1.99. The fourth-order valence-electron chi connectivity index (χ4n) is 7.54.